The largest absolute Gasteiger partial charge is 0.463 e. The van der Waals surface area contributed by atoms with Gasteiger partial charge < -0.3 is 4.74 Å². The van der Waals surface area contributed by atoms with Crippen LogP contribution >= 0.6 is 0 Å². The average molecular weight is 246 g/mol. The topological polar surface area (TPSA) is 26.3 Å². The summed E-state index contributed by atoms with van der Waals surface area (Å²) in [7, 11) is 0. The second kappa shape index (κ2) is 4.11. The molecular weight excluding hydrogens is 224 g/mol. The van der Waals surface area contributed by atoms with Crippen molar-refractivity contribution in [2.45, 2.75) is 52.1 Å². The Bertz CT molecular complexity index is 437. The lowest BCUT2D eigenvalue weighted by Crippen LogP contribution is -2.10. The fourth-order valence-corrected chi connectivity index (χ4v) is 2.70. The van der Waals surface area contributed by atoms with Crippen molar-refractivity contribution in [2.24, 2.45) is 5.41 Å². The van der Waals surface area contributed by atoms with Crippen molar-refractivity contribution in [1.29, 1.82) is 0 Å². The van der Waals surface area contributed by atoms with E-state index in [-0.39, 0.29) is 16.9 Å². The summed E-state index contributed by atoms with van der Waals surface area (Å²) in [6.07, 6.45) is 0.0236. The van der Waals surface area contributed by atoms with Crippen molar-refractivity contribution in [3.63, 3.8) is 0 Å². The maximum Gasteiger partial charge on any atom is 0.293 e. The van der Waals surface area contributed by atoms with Crippen LogP contribution in [0.4, 0.5) is 0 Å². The average Bonchev–Trinajstić information content (AvgIpc) is 2.80. The van der Waals surface area contributed by atoms with E-state index < -0.39 is 0 Å². The number of carbonyl (C=O) groups excluding carboxylic acids is 1. The highest BCUT2D eigenvalue weighted by Gasteiger charge is 2.60. The lowest BCUT2D eigenvalue weighted by Gasteiger charge is -2.19. The van der Waals surface area contributed by atoms with Gasteiger partial charge in [-0.05, 0) is 16.5 Å². The van der Waals surface area contributed by atoms with Gasteiger partial charge in [0, 0.05) is 11.3 Å². The van der Waals surface area contributed by atoms with E-state index in [0.29, 0.717) is 12.4 Å². The normalized spacial score (nSPS) is 25.6. The number of carbonyl (C=O) groups is 1. The minimum Gasteiger partial charge on any atom is -0.463 e. The molecule has 2 nitrogen and oxygen atoms in total. The SMILES string of the molecule is CC(C)(C)c1ccc(C2C(OC=O)C2(C)C)cc1. The first kappa shape index (κ1) is 13.1. The second-order valence-corrected chi connectivity index (χ2v) is 6.82. The van der Waals surface area contributed by atoms with Crippen molar-refractivity contribution >= 4 is 6.47 Å². The zero-order chi connectivity index (χ0) is 13.6. The van der Waals surface area contributed by atoms with E-state index >= 15 is 0 Å². The number of benzene rings is 1. The first-order valence-electron chi connectivity index (χ1n) is 6.48. The number of ether oxygens (including phenoxy) is 1. The van der Waals surface area contributed by atoms with Crippen LogP contribution in [0.15, 0.2) is 24.3 Å². The Morgan fingerprint density at radius 3 is 2.17 bits per heavy atom. The Kier molecular flexibility index (Phi) is 3.00. The van der Waals surface area contributed by atoms with Gasteiger partial charge in [0.1, 0.15) is 6.10 Å². The van der Waals surface area contributed by atoms with E-state index in [0.717, 1.165) is 0 Å². The molecule has 0 saturated heterocycles. The van der Waals surface area contributed by atoms with Gasteiger partial charge in [-0.1, -0.05) is 58.9 Å². The molecule has 18 heavy (non-hydrogen) atoms. The van der Waals surface area contributed by atoms with Crippen LogP contribution in [-0.2, 0) is 14.9 Å². The Labute approximate surface area is 109 Å². The Balaban J connectivity index is 2.19. The van der Waals surface area contributed by atoms with E-state index in [1.807, 2.05) is 0 Å². The first-order valence-corrected chi connectivity index (χ1v) is 6.48. The number of hydrogen-bond acceptors (Lipinski definition) is 2. The number of hydrogen-bond donors (Lipinski definition) is 0. The van der Waals surface area contributed by atoms with Crippen molar-refractivity contribution in [3.8, 4) is 0 Å². The third-order valence-electron chi connectivity index (χ3n) is 4.07. The van der Waals surface area contributed by atoms with Gasteiger partial charge in [0.15, 0.2) is 0 Å². The molecule has 0 radical (unpaired) electrons. The highest BCUT2D eigenvalue weighted by molar-refractivity contribution is 5.43. The summed E-state index contributed by atoms with van der Waals surface area (Å²) in [5.41, 5.74) is 2.83. The maximum atomic E-state index is 10.5. The highest BCUT2D eigenvalue weighted by Crippen LogP contribution is 2.60. The molecule has 0 aromatic heterocycles. The van der Waals surface area contributed by atoms with Crippen LogP contribution in [0.3, 0.4) is 0 Å². The Morgan fingerprint density at radius 2 is 1.72 bits per heavy atom. The van der Waals surface area contributed by atoms with E-state index in [1.54, 1.807) is 0 Å². The molecule has 2 unspecified atom stereocenters. The van der Waals surface area contributed by atoms with Gasteiger partial charge in [0.2, 0.25) is 0 Å². The molecule has 0 bridgehead atoms. The van der Waals surface area contributed by atoms with Crippen LogP contribution in [0, 0.1) is 5.41 Å². The van der Waals surface area contributed by atoms with Crippen LogP contribution in [0.1, 0.15) is 51.7 Å². The molecule has 2 heteroatoms. The maximum absolute atomic E-state index is 10.5. The summed E-state index contributed by atoms with van der Waals surface area (Å²) in [6.45, 7) is 11.5. The van der Waals surface area contributed by atoms with Gasteiger partial charge in [-0.3, -0.25) is 4.79 Å². The zero-order valence-corrected chi connectivity index (χ0v) is 11.9. The predicted molar refractivity (Wildman–Crippen MR) is 72.6 cm³/mol. The molecule has 0 aliphatic heterocycles. The van der Waals surface area contributed by atoms with Gasteiger partial charge in [0.25, 0.3) is 6.47 Å². The van der Waals surface area contributed by atoms with Crippen LogP contribution in [0.2, 0.25) is 0 Å². The van der Waals surface area contributed by atoms with Crippen LogP contribution in [-0.4, -0.2) is 12.6 Å². The van der Waals surface area contributed by atoms with Crippen molar-refractivity contribution in [3.05, 3.63) is 35.4 Å². The van der Waals surface area contributed by atoms with E-state index in [1.165, 1.54) is 11.1 Å². The standard InChI is InChI=1S/C16H22O2/c1-15(2,3)12-8-6-11(7-9-12)13-14(18-10-17)16(13,4)5/h6-10,13-14H,1-5H3. The molecule has 0 N–H and O–H groups in total. The summed E-state index contributed by atoms with van der Waals surface area (Å²) < 4.78 is 5.15. The second-order valence-electron chi connectivity index (χ2n) is 6.82. The Morgan fingerprint density at radius 1 is 1.17 bits per heavy atom. The zero-order valence-electron chi connectivity index (χ0n) is 11.9. The van der Waals surface area contributed by atoms with Gasteiger partial charge in [0.05, 0.1) is 0 Å². The fraction of sp³-hybridized carbons (Fsp3) is 0.562. The summed E-state index contributed by atoms with van der Waals surface area (Å²) in [6, 6.07) is 8.70. The van der Waals surface area contributed by atoms with Gasteiger partial charge >= 0.3 is 0 Å². The molecule has 0 amide bonds. The smallest absolute Gasteiger partial charge is 0.293 e. The molecule has 0 heterocycles. The van der Waals surface area contributed by atoms with E-state index in [2.05, 4.69) is 58.9 Å². The van der Waals surface area contributed by atoms with Gasteiger partial charge in [-0.25, -0.2) is 0 Å². The van der Waals surface area contributed by atoms with Crippen LogP contribution < -0.4 is 0 Å². The van der Waals surface area contributed by atoms with Gasteiger partial charge in [-0.2, -0.15) is 0 Å². The lowest BCUT2D eigenvalue weighted by atomic mass is 9.86. The molecule has 1 aromatic rings. The van der Waals surface area contributed by atoms with Gasteiger partial charge in [-0.15, -0.1) is 0 Å². The molecule has 2 rings (SSSR count). The molecule has 1 aliphatic carbocycles. The van der Waals surface area contributed by atoms with Crippen LogP contribution in [0.25, 0.3) is 0 Å². The monoisotopic (exact) mass is 246 g/mol. The molecule has 1 aliphatic rings. The summed E-state index contributed by atoms with van der Waals surface area (Å²) >= 11 is 0. The Hall–Kier alpha value is -1.31. The lowest BCUT2D eigenvalue weighted by molar-refractivity contribution is -0.130. The minimum atomic E-state index is 0.0236. The summed E-state index contributed by atoms with van der Waals surface area (Å²) in [5, 5.41) is 0. The minimum absolute atomic E-state index is 0.0236. The molecule has 98 valence electrons. The molecule has 2 atom stereocenters. The predicted octanol–water partition coefficient (Wildman–Crippen LogP) is 3.65. The summed E-state index contributed by atoms with van der Waals surface area (Å²) in [4.78, 5) is 10.5. The van der Waals surface area contributed by atoms with Crippen molar-refractivity contribution in [1.82, 2.24) is 0 Å². The third kappa shape index (κ3) is 2.16. The molecule has 1 fully saturated rings. The molecule has 1 saturated carbocycles. The highest BCUT2D eigenvalue weighted by atomic mass is 16.5. The quantitative estimate of drug-likeness (QED) is 0.761. The number of rotatable bonds is 3. The van der Waals surface area contributed by atoms with Crippen molar-refractivity contribution < 1.29 is 9.53 Å². The van der Waals surface area contributed by atoms with Crippen molar-refractivity contribution in [2.75, 3.05) is 0 Å². The molecule has 0 spiro atoms. The van der Waals surface area contributed by atoms with E-state index in [9.17, 15) is 4.79 Å². The third-order valence-corrected chi connectivity index (χ3v) is 4.07. The fourth-order valence-electron chi connectivity index (χ4n) is 2.70. The summed E-state index contributed by atoms with van der Waals surface area (Å²) in [5.74, 6) is 0.330. The van der Waals surface area contributed by atoms with Crippen LogP contribution in [0.5, 0.6) is 0 Å². The molecule has 1 aromatic carbocycles. The van der Waals surface area contributed by atoms with E-state index in [4.69, 9.17) is 4.74 Å². The first-order chi connectivity index (χ1) is 8.28. The molecular formula is C16H22O2.